The maximum atomic E-state index is 12.1. The van der Waals surface area contributed by atoms with E-state index >= 15 is 0 Å². The molecule has 1 heterocycles. The summed E-state index contributed by atoms with van der Waals surface area (Å²) < 4.78 is 10.6. The predicted molar refractivity (Wildman–Crippen MR) is 79.4 cm³/mol. The van der Waals surface area contributed by atoms with Gasteiger partial charge in [-0.15, -0.1) is 0 Å². The topological polar surface area (TPSA) is 76.1 Å². The number of ether oxygens (including phenoxy) is 2. The second kappa shape index (κ2) is 7.79. The Morgan fingerprint density at radius 3 is 2.68 bits per heavy atom. The Bertz CT molecular complexity index is 505. The van der Waals surface area contributed by atoms with E-state index in [0.29, 0.717) is 19.5 Å². The van der Waals surface area contributed by atoms with Gasteiger partial charge < -0.3 is 19.5 Å². The Morgan fingerprint density at radius 1 is 1.32 bits per heavy atom. The van der Waals surface area contributed by atoms with Gasteiger partial charge in [-0.25, -0.2) is 9.59 Å². The molecule has 1 aromatic carbocycles. The SMILES string of the molecule is CC1CN(C(=O)OCc2ccccc2)CCC1OCC(=O)O. The third-order valence-corrected chi connectivity index (χ3v) is 3.71. The molecular formula is C16H21NO5. The maximum absolute atomic E-state index is 12.1. The van der Waals surface area contributed by atoms with Crippen LogP contribution in [0.4, 0.5) is 4.79 Å². The second-order valence-electron chi connectivity index (χ2n) is 5.50. The predicted octanol–water partition coefficient (Wildman–Crippen LogP) is 2.13. The molecule has 0 radical (unpaired) electrons. The van der Waals surface area contributed by atoms with Crippen molar-refractivity contribution >= 4 is 12.1 Å². The molecule has 1 aliphatic rings. The Hall–Kier alpha value is -2.08. The molecule has 1 N–H and O–H groups in total. The Labute approximate surface area is 129 Å². The zero-order chi connectivity index (χ0) is 15.9. The third-order valence-electron chi connectivity index (χ3n) is 3.71. The van der Waals surface area contributed by atoms with Crippen molar-refractivity contribution in [1.29, 1.82) is 0 Å². The molecule has 6 nitrogen and oxygen atoms in total. The number of piperidine rings is 1. The number of hydrogen-bond donors (Lipinski definition) is 1. The fourth-order valence-corrected chi connectivity index (χ4v) is 2.53. The first-order valence-corrected chi connectivity index (χ1v) is 7.35. The van der Waals surface area contributed by atoms with E-state index in [1.165, 1.54) is 0 Å². The molecule has 0 saturated carbocycles. The van der Waals surface area contributed by atoms with Gasteiger partial charge in [0.15, 0.2) is 0 Å². The number of carbonyl (C=O) groups excluding carboxylic acids is 1. The zero-order valence-corrected chi connectivity index (χ0v) is 12.6. The summed E-state index contributed by atoms with van der Waals surface area (Å²) in [6, 6.07) is 9.52. The van der Waals surface area contributed by atoms with Gasteiger partial charge in [0.25, 0.3) is 0 Å². The van der Waals surface area contributed by atoms with Crippen LogP contribution in [0.3, 0.4) is 0 Å². The standard InChI is InChI=1S/C16H21NO5/c1-12-9-17(8-7-14(12)21-11-15(18)19)16(20)22-10-13-5-3-2-4-6-13/h2-6,12,14H,7-11H2,1H3,(H,18,19). The lowest BCUT2D eigenvalue weighted by Gasteiger charge is -2.35. The number of carboxylic acid groups (broad SMARTS) is 1. The van der Waals surface area contributed by atoms with Crippen LogP contribution in [0.5, 0.6) is 0 Å². The van der Waals surface area contributed by atoms with E-state index in [-0.39, 0.29) is 31.3 Å². The van der Waals surface area contributed by atoms with Gasteiger partial charge in [0.1, 0.15) is 13.2 Å². The van der Waals surface area contributed by atoms with Gasteiger partial charge in [0, 0.05) is 19.0 Å². The Morgan fingerprint density at radius 2 is 2.05 bits per heavy atom. The number of aliphatic carboxylic acids is 1. The molecule has 22 heavy (non-hydrogen) atoms. The van der Waals surface area contributed by atoms with Crippen molar-refractivity contribution in [2.45, 2.75) is 26.1 Å². The minimum absolute atomic E-state index is 0.0809. The van der Waals surface area contributed by atoms with E-state index < -0.39 is 5.97 Å². The highest BCUT2D eigenvalue weighted by molar-refractivity contribution is 5.68. The van der Waals surface area contributed by atoms with Crippen LogP contribution in [0.1, 0.15) is 18.9 Å². The second-order valence-corrected chi connectivity index (χ2v) is 5.50. The molecule has 120 valence electrons. The number of rotatable bonds is 5. The molecule has 0 bridgehead atoms. The summed E-state index contributed by atoms with van der Waals surface area (Å²) in [5.74, 6) is -0.894. The van der Waals surface area contributed by atoms with Gasteiger partial charge in [-0.3, -0.25) is 0 Å². The first-order chi connectivity index (χ1) is 10.6. The molecule has 6 heteroatoms. The average Bonchev–Trinajstić information content (AvgIpc) is 2.52. The van der Waals surface area contributed by atoms with Crippen LogP contribution < -0.4 is 0 Å². The van der Waals surface area contributed by atoms with Gasteiger partial charge in [-0.2, -0.15) is 0 Å². The molecule has 1 aromatic rings. The number of likely N-dealkylation sites (tertiary alicyclic amines) is 1. The van der Waals surface area contributed by atoms with Gasteiger partial charge in [-0.1, -0.05) is 37.3 Å². The van der Waals surface area contributed by atoms with Gasteiger partial charge in [0.2, 0.25) is 0 Å². The van der Waals surface area contributed by atoms with Crippen LogP contribution in [0.15, 0.2) is 30.3 Å². The molecule has 0 aromatic heterocycles. The molecule has 1 aliphatic heterocycles. The highest BCUT2D eigenvalue weighted by Crippen LogP contribution is 2.20. The maximum Gasteiger partial charge on any atom is 0.410 e. The van der Waals surface area contributed by atoms with Crippen LogP contribution in [0.2, 0.25) is 0 Å². The van der Waals surface area contributed by atoms with Crippen molar-refractivity contribution < 1.29 is 24.2 Å². The molecular weight excluding hydrogens is 286 g/mol. The van der Waals surface area contributed by atoms with Gasteiger partial charge >= 0.3 is 12.1 Å². The third kappa shape index (κ3) is 4.73. The molecule has 2 rings (SSSR count). The first kappa shape index (κ1) is 16.3. The van der Waals surface area contributed by atoms with E-state index in [9.17, 15) is 9.59 Å². The highest BCUT2D eigenvalue weighted by Gasteiger charge is 2.30. The van der Waals surface area contributed by atoms with E-state index in [1.807, 2.05) is 37.3 Å². The lowest BCUT2D eigenvalue weighted by molar-refractivity contribution is -0.146. The summed E-state index contributed by atoms with van der Waals surface area (Å²) in [6.45, 7) is 2.93. The highest BCUT2D eigenvalue weighted by atomic mass is 16.6. The van der Waals surface area contributed by atoms with Crippen LogP contribution in [-0.2, 0) is 20.9 Å². The monoisotopic (exact) mass is 307 g/mol. The number of hydrogen-bond acceptors (Lipinski definition) is 4. The van der Waals surface area contributed by atoms with Gasteiger partial charge in [0.05, 0.1) is 6.10 Å². The fourth-order valence-electron chi connectivity index (χ4n) is 2.53. The van der Waals surface area contributed by atoms with Crippen LogP contribution in [0.25, 0.3) is 0 Å². The smallest absolute Gasteiger partial charge is 0.410 e. The number of amides is 1. The molecule has 1 amide bonds. The van der Waals surface area contributed by atoms with Gasteiger partial charge in [-0.05, 0) is 12.0 Å². The summed E-state index contributed by atoms with van der Waals surface area (Å²) in [5, 5.41) is 8.64. The number of carbonyl (C=O) groups is 2. The minimum Gasteiger partial charge on any atom is -0.480 e. The zero-order valence-electron chi connectivity index (χ0n) is 12.6. The first-order valence-electron chi connectivity index (χ1n) is 7.35. The van der Waals surface area contributed by atoms with Crippen molar-refractivity contribution in [3.63, 3.8) is 0 Å². The molecule has 0 spiro atoms. The fraction of sp³-hybridized carbons (Fsp3) is 0.500. The number of benzene rings is 1. The molecule has 2 unspecified atom stereocenters. The van der Waals surface area contributed by atoms with Crippen LogP contribution in [-0.4, -0.2) is 47.9 Å². The lowest BCUT2D eigenvalue weighted by atomic mass is 9.97. The number of nitrogens with zero attached hydrogens (tertiary/aromatic N) is 1. The molecule has 1 fully saturated rings. The van der Waals surface area contributed by atoms with Crippen LogP contribution >= 0.6 is 0 Å². The van der Waals surface area contributed by atoms with Crippen molar-refractivity contribution in [1.82, 2.24) is 4.90 Å². The van der Waals surface area contributed by atoms with Crippen molar-refractivity contribution in [3.8, 4) is 0 Å². The average molecular weight is 307 g/mol. The minimum atomic E-state index is -0.975. The number of carboxylic acids is 1. The molecule has 1 saturated heterocycles. The lowest BCUT2D eigenvalue weighted by Crippen LogP contribution is -2.46. The molecule has 0 aliphatic carbocycles. The summed E-state index contributed by atoms with van der Waals surface area (Å²) in [5.41, 5.74) is 0.948. The largest absolute Gasteiger partial charge is 0.480 e. The van der Waals surface area contributed by atoms with Crippen molar-refractivity contribution in [2.75, 3.05) is 19.7 Å². The van der Waals surface area contributed by atoms with E-state index in [4.69, 9.17) is 14.6 Å². The summed E-state index contributed by atoms with van der Waals surface area (Å²) in [4.78, 5) is 24.2. The van der Waals surface area contributed by atoms with E-state index in [2.05, 4.69) is 0 Å². The summed E-state index contributed by atoms with van der Waals surface area (Å²) in [7, 11) is 0. The summed E-state index contributed by atoms with van der Waals surface area (Å²) >= 11 is 0. The normalized spacial score (nSPS) is 21.4. The molecule has 2 atom stereocenters. The van der Waals surface area contributed by atoms with Crippen molar-refractivity contribution in [2.24, 2.45) is 5.92 Å². The quantitative estimate of drug-likeness (QED) is 0.902. The van der Waals surface area contributed by atoms with E-state index in [1.54, 1.807) is 4.90 Å². The Balaban J connectivity index is 1.77. The van der Waals surface area contributed by atoms with Crippen LogP contribution in [0, 0.1) is 5.92 Å². The Kier molecular flexibility index (Phi) is 5.77. The van der Waals surface area contributed by atoms with Crippen molar-refractivity contribution in [3.05, 3.63) is 35.9 Å². The van der Waals surface area contributed by atoms with E-state index in [0.717, 1.165) is 5.56 Å². The summed E-state index contributed by atoms with van der Waals surface area (Å²) in [6.07, 6.45) is 0.149.